The van der Waals surface area contributed by atoms with Gasteiger partial charge in [0.15, 0.2) is 11.5 Å². The highest BCUT2D eigenvalue weighted by Crippen LogP contribution is 2.32. The first-order valence-corrected chi connectivity index (χ1v) is 16.2. The number of piperidine rings is 1. The molecule has 0 spiro atoms. The van der Waals surface area contributed by atoms with Crippen molar-refractivity contribution in [1.82, 2.24) is 24.4 Å². The topological polar surface area (TPSA) is 119 Å². The van der Waals surface area contributed by atoms with E-state index in [-0.39, 0.29) is 16.9 Å². The quantitative estimate of drug-likeness (QED) is 0.160. The van der Waals surface area contributed by atoms with E-state index < -0.39 is 0 Å². The Morgan fingerprint density at radius 3 is 2.42 bits per heavy atom. The summed E-state index contributed by atoms with van der Waals surface area (Å²) in [6, 6.07) is 26.6. The Morgan fingerprint density at radius 2 is 1.69 bits per heavy atom. The van der Waals surface area contributed by atoms with Crippen LogP contribution in [-0.4, -0.2) is 49.3 Å². The lowest BCUT2D eigenvalue weighted by Gasteiger charge is -2.33. The number of benzene rings is 2. The van der Waals surface area contributed by atoms with Crippen molar-refractivity contribution in [1.29, 1.82) is 0 Å². The van der Waals surface area contributed by atoms with Crippen molar-refractivity contribution in [2.24, 2.45) is 0 Å². The molecule has 3 aromatic heterocycles. The Labute approximate surface area is 264 Å². The molecule has 6 aromatic rings. The molecule has 45 heavy (non-hydrogen) atoms. The van der Waals surface area contributed by atoms with Gasteiger partial charge in [0.1, 0.15) is 17.0 Å². The maximum atomic E-state index is 12.1. The second-order valence-electron chi connectivity index (χ2n) is 11.3. The summed E-state index contributed by atoms with van der Waals surface area (Å²) in [5, 5.41) is 3.36. The first kappa shape index (κ1) is 28.9. The number of nitrogens with zero attached hydrogens (tertiary/aromatic N) is 5. The fourth-order valence-electron chi connectivity index (χ4n) is 5.99. The highest BCUT2D eigenvalue weighted by atomic mass is 32.2. The minimum Gasteiger partial charge on any atom is -0.383 e. The number of thioether (sulfide) groups is 1. The van der Waals surface area contributed by atoms with E-state index in [2.05, 4.69) is 56.2 Å². The van der Waals surface area contributed by atoms with Gasteiger partial charge >= 0.3 is 0 Å². The summed E-state index contributed by atoms with van der Waals surface area (Å²) in [5.74, 6) is 1.88. The summed E-state index contributed by atoms with van der Waals surface area (Å²) in [6.45, 7) is 4.64. The Balaban J connectivity index is 1.12. The molecule has 0 aliphatic carbocycles. The molecular weight excluding hydrogens is 582 g/mol. The maximum Gasteiger partial charge on any atom is 0.251 e. The van der Waals surface area contributed by atoms with Crippen LogP contribution in [0.1, 0.15) is 25.3 Å². The van der Waals surface area contributed by atoms with Crippen LogP contribution >= 0.6 is 11.8 Å². The van der Waals surface area contributed by atoms with E-state index in [0.717, 1.165) is 71.9 Å². The van der Waals surface area contributed by atoms with E-state index in [1.807, 2.05) is 49.4 Å². The van der Waals surface area contributed by atoms with Crippen molar-refractivity contribution in [3.8, 4) is 28.3 Å². The second-order valence-corrected chi connectivity index (χ2v) is 12.5. The predicted octanol–water partition coefficient (Wildman–Crippen LogP) is 5.52. The summed E-state index contributed by atoms with van der Waals surface area (Å²) in [6.07, 6.45) is 3.51. The van der Waals surface area contributed by atoms with Crippen LogP contribution in [0.5, 0.6) is 0 Å². The molecule has 0 radical (unpaired) electrons. The van der Waals surface area contributed by atoms with Gasteiger partial charge in [-0.15, -0.1) is 11.8 Å². The van der Waals surface area contributed by atoms with Gasteiger partial charge in [0, 0.05) is 43.1 Å². The van der Waals surface area contributed by atoms with Crippen molar-refractivity contribution in [2.45, 2.75) is 37.2 Å². The van der Waals surface area contributed by atoms with Crippen molar-refractivity contribution in [2.75, 3.05) is 29.9 Å². The van der Waals surface area contributed by atoms with Crippen molar-refractivity contribution >= 4 is 34.4 Å². The molecule has 1 fully saturated rings. The third-order valence-corrected chi connectivity index (χ3v) is 9.31. The van der Waals surface area contributed by atoms with E-state index in [4.69, 9.17) is 15.7 Å². The summed E-state index contributed by atoms with van der Waals surface area (Å²) in [4.78, 5) is 41.4. The molecule has 1 aliphatic rings. The van der Waals surface area contributed by atoms with Gasteiger partial charge in [-0.1, -0.05) is 49.4 Å². The fourth-order valence-corrected chi connectivity index (χ4v) is 6.80. The third-order valence-electron chi connectivity index (χ3n) is 8.35. The standard InChI is InChI=1S/C35H33N7O2S/c1-2-45-32-29(30(43)31(32)44)38-24-16-19-41(20-17-24)21-22-10-12-25(13-11-22)42-34(26-9-6-18-37-33(26)36)40-28-15-14-27(39-35(28)42)23-7-4-3-5-8-23/h3-15,18,24,38H,2,16-17,19-21H2,1H3,(H2,36,37). The molecule has 7 rings (SSSR count). The Hall–Kier alpha value is -4.80. The lowest BCUT2D eigenvalue weighted by Crippen LogP contribution is -2.43. The summed E-state index contributed by atoms with van der Waals surface area (Å²) < 4.78 is 2.06. The Morgan fingerprint density at radius 1 is 0.911 bits per heavy atom. The van der Waals surface area contributed by atoms with Crippen LogP contribution < -0.4 is 21.9 Å². The zero-order valence-electron chi connectivity index (χ0n) is 24.9. The van der Waals surface area contributed by atoms with Gasteiger partial charge in [0.25, 0.3) is 5.43 Å². The number of anilines is 2. The number of nitrogen functional groups attached to an aromatic ring is 1. The van der Waals surface area contributed by atoms with Gasteiger partial charge in [-0.05, 0) is 60.6 Å². The monoisotopic (exact) mass is 615 g/mol. The number of hydrogen-bond donors (Lipinski definition) is 2. The average molecular weight is 616 g/mol. The van der Waals surface area contributed by atoms with Gasteiger partial charge in [-0.3, -0.25) is 19.1 Å². The first-order chi connectivity index (χ1) is 22.0. The number of likely N-dealkylation sites (tertiary alicyclic amines) is 1. The normalized spacial score (nSPS) is 14.3. The maximum absolute atomic E-state index is 12.1. The highest BCUT2D eigenvalue weighted by Gasteiger charge is 2.26. The molecule has 3 N–H and O–H groups in total. The number of fused-ring (bicyclic) bond motifs is 1. The molecule has 3 aromatic carbocycles. The molecule has 4 heterocycles. The van der Waals surface area contributed by atoms with Crippen LogP contribution in [0.3, 0.4) is 0 Å². The van der Waals surface area contributed by atoms with Gasteiger partial charge < -0.3 is 11.1 Å². The third kappa shape index (κ3) is 5.63. The van der Waals surface area contributed by atoms with Crippen molar-refractivity contribution in [3.05, 3.63) is 111 Å². The highest BCUT2D eigenvalue weighted by molar-refractivity contribution is 7.99. The van der Waals surface area contributed by atoms with Crippen LogP contribution in [0.15, 0.2) is 99.5 Å². The second kappa shape index (κ2) is 12.3. The summed E-state index contributed by atoms with van der Waals surface area (Å²) in [7, 11) is 0. The zero-order chi connectivity index (χ0) is 30.9. The van der Waals surface area contributed by atoms with E-state index >= 15 is 0 Å². The van der Waals surface area contributed by atoms with Crippen molar-refractivity contribution < 1.29 is 0 Å². The van der Waals surface area contributed by atoms with Crippen molar-refractivity contribution in [3.63, 3.8) is 0 Å². The van der Waals surface area contributed by atoms with Crippen LogP contribution in [-0.2, 0) is 6.54 Å². The summed E-state index contributed by atoms with van der Waals surface area (Å²) >= 11 is 1.45. The van der Waals surface area contributed by atoms with E-state index in [9.17, 15) is 9.59 Å². The van der Waals surface area contributed by atoms with Gasteiger partial charge in [0.05, 0.1) is 16.2 Å². The lowest BCUT2D eigenvalue weighted by molar-refractivity contribution is 0.211. The molecule has 9 nitrogen and oxygen atoms in total. The van der Waals surface area contributed by atoms with Gasteiger partial charge in [-0.2, -0.15) is 0 Å². The minimum atomic E-state index is -0.375. The van der Waals surface area contributed by atoms with Crippen LogP contribution in [0, 0.1) is 0 Å². The number of nitrogens with two attached hydrogens (primary N) is 1. The van der Waals surface area contributed by atoms with Gasteiger partial charge in [-0.25, -0.2) is 15.0 Å². The molecule has 0 saturated carbocycles. The largest absolute Gasteiger partial charge is 0.383 e. The SMILES string of the molecule is CCSc1c(NC2CCN(Cc3ccc(-n4c(-c5cccnc5N)nc5ccc(-c6ccccc6)nc54)cc3)CC2)c(=O)c1=O. The van der Waals surface area contributed by atoms with Crippen LogP contribution in [0.25, 0.3) is 39.5 Å². The number of imidazole rings is 1. The van der Waals surface area contributed by atoms with E-state index in [0.29, 0.717) is 22.2 Å². The summed E-state index contributed by atoms with van der Waals surface area (Å²) in [5.41, 5.74) is 12.4. The molecule has 0 unspecified atom stereocenters. The average Bonchev–Trinajstić information content (AvgIpc) is 3.46. The van der Waals surface area contributed by atoms with Crippen LogP contribution in [0.2, 0.25) is 0 Å². The molecule has 226 valence electrons. The number of hydrogen-bond acceptors (Lipinski definition) is 9. The van der Waals surface area contributed by atoms with E-state index in [1.165, 1.54) is 17.3 Å². The van der Waals surface area contributed by atoms with Gasteiger partial charge in [0.2, 0.25) is 5.43 Å². The molecule has 0 amide bonds. The molecule has 0 atom stereocenters. The lowest BCUT2D eigenvalue weighted by atomic mass is 10.0. The Bertz CT molecular complexity index is 2040. The van der Waals surface area contributed by atoms with E-state index in [1.54, 1.807) is 6.20 Å². The number of aromatic nitrogens is 4. The number of rotatable bonds is 9. The molecule has 1 saturated heterocycles. The number of nitrogens with one attached hydrogen (secondary N) is 1. The number of pyridine rings is 2. The Kier molecular flexibility index (Phi) is 7.91. The minimum absolute atomic E-state index is 0.198. The zero-order valence-corrected chi connectivity index (χ0v) is 25.8. The van der Waals surface area contributed by atoms with Crippen LogP contribution in [0.4, 0.5) is 11.5 Å². The first-order valence-electron chi connectivity index (χ1n) is 15.2. The molecule has 0 bridgehead atoms. The predicted molar refractivity (Wildman–Crippen MR) is 182 cm³/mol. The fraction of sp³-hybridized carbons (Fsp3) is 0.229. The molecular formula is C35H33N7O2S. The molecule has 1 aliphatic heterocycles. The smallest absolute Gasteiger partial charge is 0.251 e. The molecule has 10 heteroatoms.